The minimum atomic E-state index is -3.26. The van der Waals surface area contributed by atoms with Gasteiger partial charge in [-0.05, 0) is 38.5 Å². The Morgan fingerprint density at radius 2 is 2.06 bits per heavy atom. The second kappa shape index (κ2) is 4.03. The number of fused-ring (bicyclic) bond motifs is 1. The fourth-order valence-electron chi connectivity index (χ4n) is 1.56. The van der Waals surface area contributed by atoms with Gasteiger partial charge in [-0.3, -0.25) is 4.72 Å². The van der Waals surface area contributed by atoms with Gasteiger partial charge in [-0.25, -0.2) is 8.42 Å². The van der Waals surface area contributed by atoms with Crippen LogP contribution in [0, 0.1) is 13.8 Å². The molecule has 0 unspecified atom stereocenters. The molecule has 0 spiro atoms. The van der Waals surface area contributed by atoms with Crippen molar-refractivity contribution in [2.45, 2.75) is 20.8 Å². The van der Waals surface area contributed by atoms with Gasteiger partial charge in [0.15, 0.2) is 5.58 Å². The first-order valence-electron chi connectivity index (χ1n) is 5.30. The molecule has 0 saturated carbocycles. The molecule has 0 atom stereocenters. The van der Waals surface area contributed by atoms with Crippen LogP contribution < -0.4 is 4.72 Å². The highest BCUT2D eigenvalue weighted by Gasteiger charge is 2.12. The molecule has 5 nitrogen and oxygen atoms in total. The summed E-state index contributed by atoms with van der Waals surface area (Å²) in [4.78, 5) is 0. The van der Waals surface area contributed by atoms with Crippen molar-refractivity contribution < 1.29 is 12.9 Å². The highest BCUT2D eigenvalue weighted by atomic mass is 32.2. The number of rotatable bonds is 3. The van der Waals surface area contributed by atoms with Crippen molar-refractivity contribution in [3.8, 4) is 0 Å². The van der Waals surface area contributed by atoms with Gasteiger partial charge in [0.1, 0.15) is 0 Å². The van der Waals surface area contributed by atoms with Crippen LogP contribution in [0.15, 0.2) is 16.7 Å². The molecule has 0 radical (unpaired) electrons. The number of nitrogens with one attached hydrogen (secondary N) is 1. The van der Waals surface area contributed by atoms with Crippen LogP contribution in [0.2, 0.25) is 0 Å². The van der Waals surface area contributed by atoms with E-state index in [4.69, 9.17) is 4.52 Å². The van der Waals surface area contributed by atoms with Crippen molar-refractivity contribution in [3.05, 3.63) is 23.4 Å². The molecular formula is C11H14N2O3S. The molecule has 0 aliphatic carbocycles. The first kappa shape index (κ1) is 11.9. The Labute approximate surface area is 99.8 Å². The third kappa shape index (κ3) is 2.26. The molecule has 0 amide bonds. The minimum absolute atomic E-state index is 0.0487. The third-order valence-electron chi connectivity index (χ3n) is 2.64. The van der Waals surface area contributed by atoms with Crippen LogP contribution in [0.3, 0.4) is 0 Å². The van der Waals surface area contributed by atoms with Gasteiger partial charge < -0.3 is 4.52 Å². The second-order valence-electron chi connectivity index (χ2n) is 3.94. The predicted molar refractivity (Wildman–Crippen MR) is 66.6 cm³/mol. The number of benzene rings is 1. The smallest absolute Gasteiger partial charge is 0.232 e. The van der Waals surface area contributed by atoms with Gasteiger partial charge in [0, 0.05) is 5.39 Å². The Bertz CT molecular complexity index is 659. The molecule has 1 heterocycles. The minimum Gasteiger partial charge on any atom is -0.356 e. The van der Waals surface area contributed by atoms with Crippen LogP contribution in [-0.4, -0.2) is 19.3 Å². The zero-order valence-electron chi connectivity index (χ0n) is 9.94. The quantitative estimate of drug-likeness (QED) is 0.911. The molecule has 0 fully saturated rings. The molecule has 0 bridgehead atoms. The molecule has 92 valence electrons. The van der Waals surface area contributed by atoms with E-state index in [9.17, 15) is 8.42 Å². The van der Waals surface area contributed by atoms with Crippen molar-refractivity contribution >= 4 is 26.7 Å². The van der Waals surface area contributed by atoms with E-state index in [1.54, 1.807) is 19.1 Å². The lowest BCUT2D eigenvalue weighted by atomic mass is 10.1. The molecule has 0 saturated heterocycles. The van der Waals surface area contributed by atoms with Gasteiger partial charge >= 0.3 is 0 Å². The molecule has 2 aromatic rings. The first-order chi connectivity index (χ1) is 7.93. The Morgan fingerprint density at radius 3 is 2.71 bits per heavy atom. The molecule has 0 aliphatic rings. The maximum Gasteiger partial charge on any atom is 0.232 e. The highest BCUT2D eigenvalue weighted by Crippen LogP contribution is 2.26. The number of aromatic nitrogens is 1. The van der Waals surface area contributed by atoms with Gasteiger partial charge in [0.2, 0.25) is 10.0 Å². The molecular weight excluding hydrogens is 240 g/mol. The van der Waals surface area contributed by atoms with Crippen LogP contribution in [0.4, 0.5) is 5.69 Å². The summed E-state index contributed by atoms with van der Waals surface area (Å²) in [5, 5.41) is 4.67. The normalized spacial score (nSPS) is 11.9. The third-order valence-corrected chi connectivity index (χ3v) is 3.93. The first-order valence-corrected chi connectivity index (χ1v) is 6.95. The Morgan fingerprint density at radius 1 is 1.35 bits per heavy atom. The summed E-state index contributed by atoms with van der Waals surface area (Å²) in [5.41, 5.74) is 2.80. The van der Waals surface area contributed by atoms with Crippen LogP contribution >= 0.6 is 0 Å². The van der Waals surface area contributed by atoms with Gasteiger partial charge in [-0.15, -0.1) is 0 Å². The van der Waals surface area contributed by atoms with Crippen molar-refractivity contribution in [1.82, 2.24) is 5.16 Å². The summed E-state index contributed by atoms with van der Waals surface area (Å²) in [7, 11) is -3.26. The van der Waals surface area contributed by atoms with Gasteiger partial charge in [0.25, 0.3) is 0 Å². The topological polar surface area (TPSA) is 72.2 Å². The van der Waals surface area contributed by atoms with Crippen LogP contribution in [0.5, 0.6) is 0 Å². The fraction of sp³-hybridized carbons (Fsp3) is 0.364. The van der Waals surface area contributed by atoms with Crippen molar-refractivity contribution in [2.75, 3.05) is 10.5 Å². The maximum absolute atomic E-state index is 11.5. The predicted octanol–water partition coefficient (Wildman–Crippen LogP) is 2.21. The largest absolute Gasteiger partial charge is 0.356 e. The van der Waals surface area contributed by atoms with Crippen molar-refractivity contribution in [1.29, 1.82) is 0 Å². The summed E-state index contributed by atoms with van der Waals surface area (Å²) >= 11 is 0. The highest BCUT2D eigenvalue weighted by molar-refractivity contribution is 7.92. The van der Waals surface area contributed by atoms with Crippen LogP contribution in [0.1, 0.15) is 18.2 Å². The average molecular weight is 254 g/mol. The molecule has 1 aromatic carbocycles. The Balaban J connectivity index is 2.54. The summed E-state index contributed by atoms with van der Waals surface area (Å²) in [6.45, 7) is 5.24. The monoisotopic (exact) mass is 254 g/mol. The Kier molecular flexibility index (Phi) is 2.82. The molecule has 1 N–H and O–H groups in total. The summed E-state index contributed by atoms with van der Waals surface area (Å²) in [5.74, 6) is 0.0487. The van der Waals surface area contributed by atoms with E-state index in [-0.39, 0.29) is 5.75 Å². The fourth-order valence-corrected chi connectivity index (χ4v) is 2.26. The number of hydrogen-bond donors (Lipinski definition) is 1. The van der Waals surface area contributed by atoms with Gasteiger partial charge in [0.05, 0.1) is 17.1 Å². The zero-order valence-corrected chi connectivity index (χ0v) is 10.8. The van der Waals surface area contributed by atoms with Gasteiger partial charge in [-0.1, -0.05) is 5.16 Å². The van der Waals surface area contributed by atoms with E-state index in [0.717, 1.165) is 16.6 Å². The molecule has 2 rings (SSSR count). The van der Waals surface area contributed by atoms with Crippen molar-refractivity contribution in [3.63, 3.8) is 0 Å². The number of sulfonamides is 1. The Hall–Kier alpha value is -1.56. The number of hydrogen-bond acceptors (Lipinski definition) is 4. The second-order valence-corrected chi connectivity index (χ2v) is 5.95. The van der Waals surface area contributed by atoms with E-state index in [1.165, 1.54) is 0 Å². The van der Waals surface area contributed by atoms with E-state index in [1.807, 2.05) is 13.8 Å². The summed E-state index contributed by atoms with van der Waals surface area (Å²) in [6, 6.07) is 3.53. The van der Waals surface area contributed by atoms with E-state index < -0.39 is 10.0 Å². The molecule has 17 heavy (non-hydrogen) atoms. The number of nitrogens with zero attached hydrogens (tertiary/aromatic N) is 1. The summed E-state index contributed by atoms with van der Waals surface area (Å²) < 4.78 is 30.7. The molecule has 0 aliphatic heterocycles. The standard InChI is InChI=1S/C11H14N2O3S/c1-4-17(14,15)13-10-6-9-8(3)12-16-11(9)5-7(10)2/h5-6,13H,4H2,1-3H3. The number of anilines is 1. The van der Waals surface area contributed by atoms with Gasteiger partial charge in [-0.2, -0.15) is 0 Å². The maximum atomic E-state index is 11.5. The van der Waals surface area contributed by atoms with E-state index in [0.29, 0.717) is 11.3 Å². The lowest BCUT2D eigenvalue weighted by molar-refractivity contribution is 0.450. The average Bonchev–Trinajstić information content (AvgIpc) is 2.61. The van der Waals surface area contributed by atoms with Crippen LogP contribution in [-0.2, 0) is 10.0 Å². The molecule has 6 heteroatoms. The zero-order chi connectivity index (χ0) is 12.6. The lowest BCUT2D eigenvalue weighted by Crippen LogP contribution is -2.15. The van der Waals surface area contributed by atoms with Crippen molar-refractivity contribution in [2.24, 2.45) is 0 Å². The van der Waals surface area contributed by atoms with E-state index in [2.05, 4.69) is 9.88 Å². The van der Waals surface area contributed by atoms with E-state index >= 15 is 0 Å². The molecule has 1 aromatic heterocycles. The lowest BCUT2D eigenvalue weighted by Gasteiger charge is -2.08. The van der Waals surface area contributed by atoms with Crippen LogP contribution in [0.25, 0.3) is 11.0 Å². The summed E-state index contributed by atoms with van der Waals surface area (Å²) in [6.07, 6.45) is 0. The SMILES string of the molecule is CCS(=O)(=O)Nc1cc2c(C)noc2cc1C. The number of aryl methyl sites for hydroxylation is 2.